The van der Waals surface area contributed by atoms with Gasteiger partial charge in [-0.2, -0.15) is 0 Å². The van der Waals surface area contributed by atoms with Gasteiger partial charge in [-0.1, -0.05) is 0 Å². The first kappa shape index (κ1) is 18.6. The number of amides is 1. The molecule has 27 heavy (non-hydrogen) atoms. The third kappa shape index (κ3) is 3.41. The minimum absolute atomic E-state index is 0.0394. The number of hydrogen-bond donors (Lipinski definition) is 1. The first-order chi connectivity index (χ1) is 13.0. The summed E-state index contributed by atoms with van der Waals surface area (Å²) in [5.74, 6) is 0.626. The summed E-state index contributed by atoms with van der Waals surface area (Å²) in [5.41, 5.74) is 2.55. The monoisotopic (exact) mass is 389 g/mol. The molecule has 1 N–H and O–H groups in total. The number of H-pyrrole nitrogens is 1. The van der Waals surface area contributed by atoms with E-state index in [1.807, 2.05) is 30.7 Å². The Hall–Kier alpha value is -1.77. The minimum atomic E-state index is -0.906. The lowest BCUT2D eigenvalue weighted by Crippen LogP contribution is -2.50. The zero-order chi connectivity index (χ0) is 19.1. The number of fused-ring (bicyclic) bond motifs is 3. The molecule has 146 valence electrons. The van der Waals surface area contributed by atoms with E-state index in [1.54, 1.807) is 17.4 Å². The normalized spacial score (nSPS) is 24.6. The summed E-state index contributed by atoms with van der Waals surface area (Å²) in [4.78, 5) is 24.4. The van der Waals surface area contributed by atoms with Crippen LogP contribution in [0, 0.1) is 5.92 Å². The van der Waals surface area contributed by atoms with Gasteiger partial charge in [-0.15, -0.1) is 4.31 Å². The molecule has 1 atom stereocenters. The summed E-state index contributed by atoms with van der Waals surface area (Å²) in [7, 11) is 3.79. The minimum Gasteiger partial charge on any atom is -0.598 e. The molecule has 1 aliphatic carbocycles. The first-order valence-electron chi connectivity index (χ1n) is 9.48. The first-order valence-corrected chi connectivity index (χ1v) is 11.0. The molecule has 1 saturated carbocycles. The van der Waals surface area contributed by atoms with E-state index in [2.05, 4.69) is 14.9 Å². The van der Waals surface area contributed by atoms with Crippen molar-refractivity contribution in [3.8, 4) is 0 Å². The van der Waals surface area contributed by atoms with Crippen LogP contribution in [0.1, 0.15) is 36.0 Å². The van der Waals surface area contributed by atoms with Gasteiger partial charge in [0.1, 0.15) is 11.9 Å². The summed E-state index contributed by atoms with van der Waals surface area (Å²) in [6.45, 7) is 1.50. The average Bonchev–Trinajstić information content (AvgIpc) is 3.14. The largest absolute Gasteiger partial charge is 0.598 e. The molecule has 3 heterocycles. The molecule has 1 fully saturated rings. The second kappa shape index (κ2) is 7.33. The molecule has 2 aliphatic rings. The van der Waals surface area contributed by atoms with Crippen LogP contribution in [-0.2, 0) is 11.4 Å². The van der Waals surface area contributed by atoms with Crippen LogP contribution in [0.2, 0.25) is 0 Å². The lowest BCUT2D eigenvalue weighted by molar-refractivity contribution is 0.0774. The van der Waals surface area contributed by atoms with Crippen molar-refractivity contribution in [2.45, 2.75) is 31.7 Å². The number of aromatic nitrogens is 2. The highest BCUT2D eigenvalue weighted by atomic mass is 32.2. The van der Waals surface area contributed by atoms with Crippen molar-refractivity contribution in [1.82, 2.24) is 19.2 Å². The van der Waals surface area contributed by atoms with E-state index in [0.717, 1.165) is 48.9 Å². The van der Waals surface area contributed by atoms with E-state index in [9.17, 15) is 9.35 Å². The molecule has 2 aromatic heterocycles. The SMILES string of the molecule is CN1CN([C@H]2CC[C@H](CN(C)[S+](C)[O-])CC2)c2c(cnc3[nH]ccc23)C1=O. The molecular weight excluding hydrogens is 362 g/mol. The topological polar surface area (TPSA) is 78.5 Å². The van der Waals surface area contributed by atoms with Crippen LogP contribution in [0.5, 0.6) is 0 Å². The zero-order valence-electron chi connectivity index (χ0n) is 16.1. The van der Waals surface area contributed by atoms with Crippen LogP contribution >= 0.6 is 0 Å². The Kier molecular flexibility index (Phi) is 5.05. The number of pyridine rings is 1. The Morgan fingerprint density at radius 1 is 1.37 bits per heavy atom. The Balaban J connectivity index is 1.56. The fraction of sp³-hybridized carbons (Fsp3) is 0.579. The summed E-state index contributed by atoms with van der Waals surface area (Å²) in [6, 6.07) is 2.43. The highest BCUT2D eigenvalue weighted by Crippen LogP contribution is 2.38. The third-order valence-corrected chi connectivity index (χ3v) is 7.03. The van der Waals surface area contributed by atoms with Crippen molar-refractivity contribution in [2.75, 3.05) is 38.5 Å². The molecular formula is C19H27N5O2S. The van der Waals surface area contributed by atoms with Crippen molar-refractivity contribution < 1.29 is 9.35 Å². The van der Waals surface area contributed by atoms with Crippen LogP contribution in [-0.4, -0.2) is 69.2 Å². The van der Waals surface area contributed by atoms with Gasteiger partial charge in [-0.3, -0.25) is 4.79 Å². The number of carbonyl (C=O) groups is 1. The smallest absolute Gasteiger partial charge is 0.258 e. The second-order valence-electron chi connectivity index (χ2n) is 7.78. The van der Waals surface area contributed by atoms with E-state index < -0.39 is 11.4 Å². The molecule has 2 aromatic rings. The van der Waals surface area contributed by atoms with Gasteiger partial charge in [0.2, 0.25) is 0 Å². The third-order valence-electron chi connectivity index (χ3n) is 6.00. The second-order valence-corrected chi connectivity index (χ2v) is 9.25. The molecule has 0 bridgehead atoms. The van der Waals surface area contributed by atoms with Crippen LogP contribution in [0.3, 0.4) is 0 Å². The summed E-state index contributed by atoms with van der Waals surface area (Å²) >= 11 is -0.906. The highest BCUT2D eigenvalue weighted by Gasteiger charge is 2.35. The average molecular weight is 390 g/mol. The predicted octanol–water partition coefficient (Wildman–Crippen LogP) is 2.20. The van der Waals surface area contributed by atoms with Crippen molar-refractivity contribution in [2.24, 2.45) is 5.92 Å². The Morgan fingerprint density at radius 3 is 2.81 bits per heavy atom. The zero-order valence-corrected chi connectivity index (χ0v) is 17.0. The van der Waals surface area contributed by atoms with Crippen molar-refractivity contribution in [3.05, 3.63) is 24.0 Å². The number of hydrogen-bond acceptors (Lipinski definition) is 5. The van der Waals surface area contributed by atoms with Gasteiger partial charge in [0, 0.05) is 55.8 Å². The number of nitrogens with one attached hydrogen (secondary N) is 1. The lowest BCUT2D eigenvalue weighted by Gasteiger charge is -2.44. The maximum absolute atomic E-state index is 12.7. The van der Waals surface area contributed by atoms with Gasteiger partial charge in [0.05, 0.1) is 17.9 Å². The molecule has 0 aromatic carbocycles. The van der Waals surface area contributed by atoms with Crippen LogP contribution < -0.4 is 4.90 Å². The van der Waals surface area contributed by atoms with Gasteiger partial charge in [0.25, 0.3) is 5.91 Å². The van der Waals surface area contributed by atoms with Crippen molar-refractivity contribution in [3.63, 3.8) is 0 Å². The fourth-order valence-electron chi connectivity index (χ4n) is 4.43. The van der Waals surface area contributed by atoms with Crippen molar-refractivity contribution >= 4 is 34.0 Å². The Labute approximate surface area is 163 Å². The van der Waals surface area contributed by atoms with Gasteiger partial charge < -0.3 is 19.3 Å². The van der Waals surface area contributed by atoms with E-state index in [4.69, 9.17) is 0 Å². The van der Waals surface area contributed by atoms with Gasteiger partial charge in [-0.05, 0) is 37.7 Å². The quantitative estimate of drug-likeness (QED) is 0.811. The van der Waals surface area contributed by atoms with E-state index in [0.29, 0.717) is 24.2 Å². The summed E-state index contributed by atoms with van der Waals surface area (Å²) in [5, 5.41) is 1.03. The van der Waals surface area contributed by atoms with Crippen LogP contribution in [0.4, 0.5) is 5.69 Å². The van der Waals surface area contributed by atoms with Gasteiger partial charge >= 0.3 is 0 Å². The van der Waals surface area contributed by atoms with Crippen molar-refractivity contribution in [1.29, 1.82) is 0 Å². The van der Waals surface area contributed by atoms with Crippen LogP contribution in [0.25, 0.3) is 11.0 Å². The van der Waals surface area contributed by atoms with Gasteiger partial charge in [-0.25, -0.2) is 4.98 Å². The number of aromatic amines is 1. The number of rotatable bonds is 4. The molecule has 4 rings (SSSR count). The van der Waals surface area contributed by atoms with E-state index in [-0.39, 0.29) is 5.91 Å². The molecule has 1 unspecified atom stereocenters. The van der Waals surface area contributed by atoms with Gasteiger partial charge in [0.15, 0.2) is 0 Å². The van der Waals surface area contributed by atoms with Crippen LogP contribution in [0.15, 0.2) is 18.5 Å². The Morgan fingerprint density at radius 2 is 2.11 bits per heavy atom. The number of carbonyl (C=O) groups excluding carboxylic acids is 1. The fourth-order valence-corrected chi connectivity index (χ4v) is 4.86. The summed E-state index contributed by atoms with van der Waals surface area (Å²) < 4.78 is 13.5. The molecule has 1 aliphatic heterocycles. The highest BCUT2D eigenvalue weighted by molar-refractivity contribution is 7.88. The number of anilines is 1. The maximum Gasteiger partial charge on any atom is 0.258 e. The molecule has 1 amide bonds. The molecule has 0 radical (unpaired) electrons. The predicted molar refractivity (Wildman–Crippen MR) is 108 cm³/mol. The lowest BCUT2D eigenvalue weighted by atomic mass is 9.84. The molecule has 0 saturated heterocycles. The number of nitrogens with zero attached hydrogens (tertiary/aromatic N) is 4. The Bertz CT molecular complexity index is 831. The molecule has 8 heteroatoms. The maximum atomic E-state index is 12.7. The standard InChI is InChI=1S/C19H27N5O2S/c1-22-12-24(14-6-4-13(5-7-14)11-23(2)27(3)26)17-15-8-9-20-18(15)21-10-16(17)19(22)25/h8-10,13-14H,4-7,11-12H2,1-3H3,(H,20,21)/t13-,14-,27?. The molecule has 7 nitrogen and oxygen atoms in total. The molecule has 0 spiro atoms. The summed E-state index contributed by atoms with van der Waals surface area (Å²) in [6.07, 6.45) is 9.75. The van der Waals surface area contributed by atoms with E-state index in [1.165, 1.54) is 0 Å². The van der Waals surface area contributed by atoms with E-state index >= 15 is 0 Å².